The summed E-state index contributed by atoms with van der Waals surface area (Å²) in [5.74, 6) is -1.25. The van der Waals surface area contributed by atoms with Gasteiger partial charge in [0.15, 0.2) is 9.84 Å². The lowest BCUT2D eigenvalue weighted by atomic mass is 10.0. The summed E-state index contributed by atoms with van der Waals surface area (Å²) in [6, 6.07) is 7.06. The molecule has 1 fully saturated rings. The summed E-state index contributed by atoms with van der Waals surface area (Å²) < 4.78 is 39.0. The first-order valence-electron chi connectivity index (χ1n) is 8.40. The molecule has 0 amide bonds. The molecule has 0 unspecified atom stereocenters. The van der Waals surface area contributed by atoms with Gasteiger partial charge in [0.2, 0.25) is 5.78 Å². The lowest BCUT2D eigenvalue weighted by molar-refractivity contribution is 0.103. The standard InChI is InChI=1S/C19H18FN3O3S/c1-12-17(13(2)23(22-12)15-7-8-27(25,26)11-15)9-14(10-21)19(24)16-5-3-4-6-18(16)20/h3-6,9,15H,7-8,11H2,1-2H3/b14-9+/t15-/m0/s1. The predicted molar refractivity (Wildman–Crippen MR) is 98.3 cm³/mol. The monoisotopic (exact) mass is 387 g/mol. The number of aromatic nitrogens is 2. The zero-order valence-electron chi connectivity index (χ0n) is 14.9. The number of nitrogens with zero attached hydrogens (tertiary/aromatic N) is 3. The van der Waals surface area contributed by atoms with E-state index in [1.54, 1.807) is 18.5 Å². The maximum absolute atomic E-state index is 13.9. The largest absolute Gasteiger partial charge is 0.288 e. The normalized spacial score (nSPS) is 19.0. The number of hydrogen-bond acceptors (Lipinski definition) is 5. The fourth-order valence-corrected chi connectivity index (χ4v) is 4.98. The fraction of sp³-hybridized carbons (Fsp3) is 0.316. The Labute approximate surface area is 156 Å². The molecular weight excluding hydrogens is 369 g/mol. The Hall–Kier alpha value is -2.79. The van der Waals surface area contributed by atoms with E-state index in [9.17, 15) is 22.9 Å². The van der Waals surface area contributed by atoms with Crippen molar-refractivity contribution in [2.75, 3.05) is 11.5 Å². The van der Waals surface area contributed by atoms with Crippen LogP contribution >= 0.6 is 0 Å². The second-order valence-electron chi connectivity index (χ2n) is 6.56. The molecule has 2 heterocycles. The van der Waals surface area contributed by atoms with Crippen LogP contribution in [0.2, 0.25) is 0 Å². The number of rotatable bonds is 4. The molecule has 0 bridgehead atoms. The highest BCUT2D eigenvalue weighted by Gasteiger charge is 2.31. The molecule has 27 heavy (non-hydrogen) atoms. The molecule has 0 saturated carbocycles. The summed E-state index contributed by atoms with van der Waals surface area (Å²) in [5.41, 5.74) is 1.44. The Morgan fingerprint density at radius 3 is 2.67 bits per heavy atom. The van der Waals surface area contributed by atoms with Gasteiger partial charge in [-0.1, -0.05) is 12.1 Å². The zero-order valence-corrected chi connectivity index (χ0v) is 15.8. The van der Waals surface area contributed by atoms with Gasteiger partial charge in [-0.15, -0.1) is 0 Å². The van der Waals surface area contributed by atoms with Crippen LogP contribution in [0.4, 0.5) is 4.39 Å². The number of hydrogen-bond donors (Lipinski definition) is 0. The maximum Gasteiger partial charge on any atom is 0.206 e. The molecule has 2 aromatic rings. The summed E-state index contributed by atoms with van der Waals surface area (Å²) >= 11 is 0. The summed E-state index contributed by atoms with van der Waals surface area (Å²) in [7, 11) is -3.07. The highest BCUT2D eigenvalue weighted by molar-refractivity contribution is 7.91. The first kappa shape index (κ1) is 19.0. The third kappa shape index (κ3) is 3.69. The van der Waals surface area contributed by atoms with Crippen LogP contribution in [0, 0.1) is 31.0 Å². The van der Waals surface area contributed by atoms with E-state index in [-0.39, 0.29) is 28.7 Å². The van der Waals surface area contributed by atoms with Crippen LogP contribution in [-0.2, 0) is 9.84 Å². The number of carbonyl (C=O) groups is 1. The van der Waals surface area contributed by atoms with E-state index in [1.165, 1.54) is 24.3 Å². The van der Waals surface area contributed by atoms with Crippen molar-refractivity contribution in [2.45, 2.75) is 26.3 Å². The quantitative estimate of drug-likeness (QED) is 0.457. The van der Waals surface area contributed by atoms with Crippen LogP contribution in [0.15, 0.2) is 29.8 Å². The van der Waals surface area contributed by atoms with Gasteiger partial charge in [0.05, 0.1) is 28.8 Å². The highest BCUT2D eigenvalue weighted by atomic mass is 32.2. The number of carbonyl (C=O) groups excluding carboxylic acids is 1. The number of aryl methyl sites for hydroxylation is 1. The molecule has 0 radical (unpaired) electrons. The van der Waals surface area contributed by atoms with Crippen molar-refractivity contribution in [3.8, 4) is 6.07 Å². The topological polar surface area (TPSA) is 92.8 Å². The van der Waals surface area contributed by atoms with Crippen molar-refractivity contribution in [1.82, 2.24) is 9.78 Å². The summed E-state index contributed by atoms with van der Waals surface area (Å²) in [6.07, 6.45) is 1.87. The molecule has 3 rings (SSSR count). The maximum atomic E-state index is 13.9. The highest BCUT2D eigenvalue weighted by Crippen LogP contribution is 2.28. The second kappa shape index (κ2) is 7.08. The van der Waals surface area contributed by atoms with E-state index in [2.05, 4.69) is 5.10 Å². The Kier molecular flexibility index (Phi) is 4.98. The zero-order chi connectivity index (χ0) is 19.8. The van der Waals surface area contributed by atoms with E-state index in [0.29, 0.717) is 23.4 Å². The van der Waals surface area contributed by atoms with Gasteiger partial charge in [-0.3, -0.25) is 9.48 Å². The molecule has 0 aliphatic carbocycles. The summed E-state index contributed by atoms with van der Waals surface area (Å²) in [5, 5.41) is 13.8. The van der Waals surface area contributed by atoms with Crippen LogP contribution < -0.4 is 0 Å². The van der Waals surface area contributed by atoms with E-state index >= 15 is 0 Å². The first-order valence-corrected chi connectivity index (χ1v) is 10.2. The van der Waals surface area contributed by atoms with Crippen LogP contribution in [0.1, 0.15) is 39.8 Å². The van der Waals surface area contributed by atoms with Crippen LogP contribution in [-0.4, -0.2) is 35.5 Å². The number of ketones is 1. The van der Waals surface area contributed by atoms with Gasteiger partial charge in [0.25, 0.3) is 0 Å². The summed E-state index contributed by atoms with van der Waals surface area (Å²) in [4.78, 5) is 12.5. The van der Waals surface area contributed by atoms with E-state index in [1.807, 2.05) is 6.07 Å². The number of halogens is 1. The van der Waals surface area contributed by atoms with Crippen LogP contribution in [0.5, 0.6) is 0 Å². The SMILES string of the molecule is Cc1nn([C@H]2CCS(=O)(=O)C2)c(C)c1/C=C(\C#N)C(=O)c1ccccc1F. The minimum absolute atomic E-state index is 0.0252. The number of sulfone groups is 1. The Morgan fingerprint density at radius 1 is 1.37 bits per heavy atom. The van der Waals surface area contributed by atoms with Crippen LogP contribution in [0.3, 0.4) is 0 Å². The van der Waals surface area contributed by atoms with Crippen molar-refractivity contribution in [2.24, 2.45) is 0 Å². The number of benzene rings is 1. The molecule has 1 saturated heterocycles. The first-order chi connectivity index (χ1) is 12.7. The molecule has 1 aromatic heterocycles. The molecule has 1 atom stereocenters. The van der Waals surface area contributed by atoms with Crippen molar-refractivity contribution < 1.29 is 17.6 Å². The van der Waals surface area contributed by atoms with Crippen molar-refractivity contribution in [3.05, 3.63) is 58.2 Å². The number of nitriles is 1. The molecular formula is C19H18FN3O3S. The average Bonchev–Trinajstić information content (AvgIpc) is 3.12. The molecule has 1 aliphatic heterocycles. The molecule has 1 aromatic carbocycles. The lowest BCUT2D eigenvalue weighted by Gasteiger charge is -2.11. The number of allylic oxidation sites excluding steroid dienone is 1. The van der Waals surface area contributed by atoms with Gasteiger partial charge in [-0.25, -0.2) is 12.8 Å². The predicted octanol–water partition coefficient (Wildman–Crippen LogP) is 2.79. The van der Waals surface area contributed by atoms with Gasteiger partial charge >= 0.3 is 0 Å². The van der Waals surface area contributed by atoms with E-state index in [4.69, 9.17) is 0 Å². The van der Waals surface area contributed by atoms with Crippen molar-refractivity contribution >= 4 is 21.7 Å². The Morgan fingerprint density at radius 2 is 2.07 bits per heavy atom. The number of Topliss-reactive ketones (excluding diaryl/α,β-unsaturated/α-hetero) is 1. The van der Waals surface area contributed by atoms with Gasteiger partial charge < -0.3 is 0 Å². The summed E-state index contributed by atoms with van der Waals surface area (Å²) in [6.45, 7) is 3.49. The smallest absolute Gasteiger partial charge is 0.206 e. The third-order valence-electron chi connectivity index (χ3n) is 4.71. The minimum Gasteiger partial charge on any atom is -0.288 e. The Balaban J connectivity index is 2.00. The van der Waals surface area contributed by atoms with Crippen LogP contribution in [0.25, 0.3) is 6.08 Å². The minimum atomic E-state index is -3.07. The van der Waals surface area contributed by atoms with E-state index in [0.717, 1.165) is 6.07 Å². The van der Waals surface area contributed by atoms with Crippen molar-refractivity contribution in [3.63, 3.8) is 0 Å². The van der Waals surface area contributed by atoms with Crippen molar-refractivity contribution in [1.29, 1.82) is 5.26 Å². The van der Waals surface area contributed by atoms with E-state index < -0.39 is 21.4 Å². The third-order valence-corrected chi connectivity index (χ3v) is 6.46. The fourth-order valence-electron chi connectivity index (χ4n) is 3.29. The molecule has 0 spiro atoms. The Bertz CT molecular complexity index is 1090. The van der Waals surface area contributed by atoms with Gasteiger partial charge in [0, 0.05) is 11.3 Å². The molecule has 1 aliphatic rings. The lowest BCUT2D eigenvalue weighted by Crippen LogP contribution is -2.14. The van der Waals surface area contributed by atoms with Gasteiger partial charge in [-0.2, -0.15) is 10.4 Å². The molecule has 6 nitrogen and oxygen atoms in total. The molecule has 8 heteroatoms. The second-order valence-corrected chi connectivity index (χ2v) is 8.79. The van der Waals surface area contributed by atoms with Gasteiger partial charge in [-0.05, 0) is 38.5 Å². The molecule has 140 valence electrons. The average molecular weight is 387 g/mol. The molecule has 0 N–H and O–H groups in total. The van der Waals surface area contributed by atoms with Gasteiger partial charge in [0.1, 0.15) is 17.5 Å².